The molecule has 2 saturated heterocycles. The molecule has 0 spiro atoms. The standard InChI is InChI=1S/C10H12N5O6P/c11-8-5-9(13-2-12-8)15(3-14-5)10-6(16)7-4(20-10)1-19-22(17,18)21-7/h2-4,6-7,10,16H,1H2,(H,17,18)(H2,11,12,13)/t4-,6?,7-,10-/m1/s1. The SMILES string of the molecule is Nc1ncnc2c1ncn2[C@@H]1O[C@@H]2COP(=O)(O)O[C@H]2C1O. The van der Waals surface area contributed by atoms with Crippen LogP contribution < -0.4 is 5.73 Å². The Morgan fingerprint density at radius 1 is 1.41 bits per heavy atom. The Hall–Kier alpha value is -1.62. The van der Waals surface area contributed by atoms with Crippen LogP contribution in [0.1, 0.15) is 6.23 Å². The topological polar surface area (TPSA) is 155 Å². The fourth-order valence-corrected chi connectivity index (χ4v) is 3.59. The lowest BCUT2D eigenvalue weighted by Crippen LogP contribution is -2.39. The molecule has 22 heavy (non-hydrogen) atoms. The van der Waals surface area contributed by atoms with Crippen molar-refractivity contribution < 1.29 is 28.3 Å². The Morgan fingerprint density at radius 3 is 3.05 bits per heavy atom. The maximum atomic E-state index is 11.5. The maximum absolute atomic E-state index is 11.5. The molecule has 0 aliphatic carbocycles. The average molecular weight is 329 g/mol. The van der Waals surface area contributed by atoms with Gasteiger partial charge in [0.05, 0.1) is 12.9 Å². The quantitative estimate of drug-likeness (QED) is 0.565. The second kappa shape index (κ2) is 4.69. The highest BCUT2D eigenvalue weighted by Crippen LogP contribution is 2.52. The lowest BCUT2D eigenvalue weighted by molar-refractivity contribution is -0.0664. The zero-order valence-electron chi connectivity index (χ0n) is 11.0. The number of ether oxygens (including phenoxy) is 1. The molecule has 4 rings (SSSR count). The van der Waals surface area contributed by atoms with Gasteiger partial charge in [-0.05, 0) is 0 Å². The Labute approximate surface area is 123 Å². The first-order valence-corrected chi connectivity index (χ1v) is 7.88. The van der Waals surface area contributed by atoms with Gasteiger partial charge in [-0.2, -0.15) is 0 Å². The van der Waals surface area contributed by atoms with Crippen molar-refractivity contribution in [1.29, 1.82) is 0 Å². The number of aromatic nitrogens is 4. The summed E-state index contributed by atoms with van der Waals surface area (Å²) >= 11 is 0. The molecule has 12 heteroatoms. The van der Waals surface area contributed by atoms with E-state index in [4.69, 9.17) is 15.0 Å². The van der Waals surface area contributed by atoms with Gasteiger partial charge in [0, 0.05) is 0 Å². The molecular formula is C10H12N5O6P. The van der Waals surface area contributed by atoms with E-state index < -0.39 is 32.4 Å². The lowest BCUT2D eigenvalue weighted by Gasteiger charge is -2.27. The predicted octanol–water partition coefficient (Wildman–Crippen LogP) is -0.817. The molecule has 0 radical (unpaired) electrons. The molecule has 0 bridgehead atoms. The number of nitrogens with zero attached hydrogens (tertiary/aromatic N) is 4. The molecule has 0 aromatic carbocycles. The summed E-state index contributed by atoms with van der Waals surface area (Å²) < 4.78 is 28.2. The Balaban J connectivity index is 1.71. The van der Waals surface area contributed by atoms with Crippen molar-refractivity contribution in [2.75, 3.05) is 12.3 Å². The molecule has 0 saturated carbocycles. The second-order valence-electron chi connectivity index (χ2n) is 4.97. The van der Waals surface area contributed by atoms with Gasteiger partial charge in [0.15, 0.2) is 17.7 Å². The van der Waals surface area contributed by atoms with Crippen LogP contribution in [0.15, 0.2) is 12.7 Å². The average Bonchev–Trinajstić information content (AvgIpc) is 3.01. The van der Waals surface area contributed by atoms with E-state index in [1.165, 1.54) is 17.2 Å². The highest BCUT2D eigenvalue weighted by Gasteiger charge is 2.52. The summed E-state index contributed by atoms with van der Waals surface area (Å²) in [4.78, 5) is 21.3. The minimum atomic E-state index is -4.16. The second-order valence-corrected chi connectivity index (χ2v) is 6.38. The molecule has 2 fully saturated rings. The van der Waals surface area contributed by atoms with E-state index in [1.807, 2.05) is 0 Å². The molecule has 4 heterocycles. The number of imidazole rings is 1. The van der Waals surface area contributed by atoms with Crippen molar-refractivity contribution >= 4 is 24.8 Å². The van der Waals surface area contributed by atoms with E-state index in [-0.39, 0.29) is 12.4 Å². The Kier molecular flexibility index (Phi) is 2.98. The molecule has 4 N–H and O–H groups in total. The number of fused-ring (bicyclic) bond motifs is 2. The molecule has 0 amide bonds. The number of phosphoric ester groups is 1. The number of nitrogens with two attached hydrogens (primary N) is 1. The van der Waals surface area contributed by atoms with Crippen molar-refractivity contribution in [3.63, 3.8) is 0 Å². The first kappa shape index (κ1) is 14.0. The Bertz CT molecular complexity index is 782. The summed E-state index contributed by atoms with van der Waals surface area (Å²) in [7, 11) is -4.16. The van der Waals surface area contributed by atoms with Gasteiger partial charge in [0.1, 0.15) is 30.2 Å². The highest BCUT2D eigenvalue weighted by atomic mass is 31.2. The van der Waals surface area contributed by atoms with Gasteiger partial charge in [0.2, 0.25) is 0 Å². The highest BCUT2D eigenvalue weighted by molar-refractivity contribution is 7.47. The number of aliphatic hydroxyl groups is 1. The van der Waals surface area contributed by atoms with Gasteiger partial charge in [-0.15, -0.1) is 0 Å². The smallest absolute Gasteiger partial charge is 0.386 e. The Morgan fingerprint density at radius 2 is 2.23 bits per heavy atom. The maximum Gasteiger partial charge on any atom is 0.472 e. The fraction of sp³-hybridized carbons (Fsp3) is 0.500. The summed E-state index contributed by atoms with van der Waals surface area (Å²) in [6.07, 6.45) is -1.07. The van der Waals surface area contributed by atoms with Gasteiger partial charge < -0.3 is 20.5 Å². The number of phosphoric acid groups is 1. The third-order valence-electron chi connectivity index (χ3n) is 3.63. The van der Waals surface area contributed by atoms with Gasteiger partial charge in [0.25, 0.3) is 0 Å². The monoisotopic (exact) mass is 329 g/mol. The fourth-order valence-electron chi connectivity index (χ4n) is 2.62. The normalized spacial score (nSPS) is 38.3. The van der Waals surface area contributed by atoms with Crippen molar-refractivity contribution in [3.05, 3.63) is 12.7 Å². The predicted molar refractivity (Wildman–Crippen MR) is 70.3 cm³/mol. The van der Waals surface area contributed by atoms with E-state index in [9.17, 15) is 14.6 Å². The van der Waals surface area contributed by atoms with Crippen molar-refractivity contribution in [3.8, 4) is 0 Å². The van der Waals surface area contributed by atoms with E-state index in [1.54, 1.807) is 0 Å². The van der Waals surface area contributed by atoms with Crippen LogP contribution >= 0.6 is 7.82 Å². The molecule has 2 aliphatic heterocycles. The van der Waals surface area contributed by atoms with Crippen LogP contribution in [0.2, 0.25) is 0 Å². The third kappa shape index (κ3) is 2.02. The van der Waals surface area contributed by atoms with Gasteiger partial charge in [-0.25, -0.2) is 19.5 Å². The van der Waals surface area contributed by atoms with Gasteiger partial charge in [-0.1, -0.05) is 0 Å². The first-order chi connectivity index (χ1) is 10.5. The molecule has 2 unspecified atom stereocenters. The summed E-state index contributed by atoms with van der Waals surface area (Å²) in [6.45, 7) is -0.157. The van der Waals surface area contributed by atoms with Crippen LogP contribution in [0.25, 0.3) is 11.2 Å². The number of nitrogen functional groups attached to an aromatic ring is 1. The van der Waals surface area contributed by atoms with E-state index >= 15 is 0 Å². The van der Waals surface area contributed by atoms with Gasteiger partial charge in [-0.3, -0.25) is 13.6 Å². The summed E-state index contributed by atoms with van der Waals surface area (Å²) in [5.41, 5.74) is 6.46. The van der Waals surface area contributed by atoms with Crippen LogP contribution in [0.5, 0.6) is 0 Å². The minimum Gasteiger partial charge on any atom is -0.386 e. The van der Waals surface area contributed by atoms with Crippen LogP contribution in [0.3, 0.4) is 0 Å². The minimum absolute atomic E-state index is 0.157. The first-order valence-electron chi connectivity index (χ1n) is 6.38. The molecule has 118 valence electrons. The molecular weight excluding hydrogens is 317 g/mol. The number of anilines is 1. The number of aliphatic hydroxyl groups excluding tert-OH is 1. The van der Waals surface area contributed by atoms with Crippen LogP contribution in [0, 0.1) is 0 Å². The summed E-state index contributed by atoms with van der Waals surface area (Å²) in [5, 5.41) is 10.4. The molecule has 2 aliphatic rings. The van der Waals surface area contributed by atoms with E-state index in [2.05, 4.69) is 19.5 Å². The van der Waals surface area contributed by atoms with E-state index in [0.29, 0.717) is 11.2 Å². The van der Waals surface area contributed by atoms with Crippen molar-refractivity contribution in [2.24, 2.45) is 0 Å². The summed E-state index contributed by atoms with van der Waals surface area (Å²) in [5.74, 6) is 0.202. The van der Waals surface area contributed by atoms with Crippen LogP contribution in [-0.4, -0.2) is 54.4 Å². The van der Waals surface area contributed by atoms with Gasteiger partial charge >= 0.3 is 7.82 Å². The number of hydrogen-bond donors (Lipinski definition) is 3. The summed E-state index contributed by atoms with van der Waals surface area (Å²) in [6, 6.07) is 0. The molecule has 2 aromatic rings. The largest absolute Gasteiger partial charge is 0.472 e. The lowest BCUT2D eigenvalue weighted by atomic mass is 10.1. The van der Waals surface area contributed by atoms with Crippen LogP contribution in [-0.2, 0) is 18.3 Å². The molecule has 2 aromatic heterocycles. The molecule has 5 atom stereocenters. The third-order valence-corrected chi connectivity index (χ3v) is 4.61. The number of rotatable bonds is 1. The van der Waals surface area contributed by atoms with E-state index in [0.717, 1.165) is 0 Å². The van der Waals surface area contributed by atoms with Crippen molar-refractivity contribution in [1.82, 2.24) is 19.5 Å². The zero-order valence-corrected chi connectivity index (χ0v) is 11.9. The number of hydrogen-bond acceptors (Lipinski definition) is 9. The molecule has 11 nitrogen and oxygen atoms in total. The zero-order chi connectivity index (χ0) is 15.5. The van der Waals surface area contributed by atoms with Crippen molar-refractivity contribution in [2.45, 2.75) is 24.5 Å². The van der Waals surface area contributed by atoms with Crippen LogP contribution in [0.4, 0.5) is 5.82 Å².